The topological polar surface area (TPSA) is 74.6 Å². The maximum atomic E-state index is 9.86. The number of rotatable bonds is 11. The molecule has 0 aliphatic heterocycles. The first-order chi connectivity index (χ1) is 10.0. The number of ether oxygens (including phenoxy) is 1. The van der Waals surface area contributed by atoms with Crippen LogP contribution >= 0.6 is 11.3 Å². The third kappa shape index (κ3) is 7.87. The van der Waals surface area contributed by atoms with E-state index in [2.05, 4.69) is 24.1 Å². The highest BCUT2D eigenvalue weighted by molar-refractivity contribution is 7.09. The maximum absolute atomic E-state index is 9.86. The number of aromatic nitrogens is 1. The Morgan fingerprint density at radius 1 is 1.43 bits per heavy atom. The maximum Gasteiger partial charge on any atom is 0.0897 e. The minimum Gasteiger partial charge on any atom is -0.395 e. The van der Waals surface area contributed by atoms with Crippen molar-refractivity contribution >= 4 is 11.3 Å². The summed E-state index contributed by atoms with van der Waals surface area (Å²) in [5.41, 5.74) is 2.90. The van der Waals surface area contributed by atoms with Crippen LogP contribution in [0.4, 0.5) is 0 Å². The molecule has 6 heteroatoms. The number of aliphatic hydroxyl groups excluding tert-OH is 2. The van der Waals surface area contributed by atoms with Crippen molar-refractivity contribution in [2.24, 2.45) is 5.92 Å². The fourth-order valence-corrected chi connectivity index (χ4v) is 2.87. The van der Waals surface area contributed by atoms with Gasteiger partial charge in [0.25, 0.3) is 0 Å². The van der Waals surface area contributed by atoms with E-state index < -0.39 is 6.10 Å². The van der Waals surface area contributed by atoms with Gasteiger partial charge in [0.2, 0.25) is 0 Å². The zero-order valence-corrected chi connectivity index (χ0v) is 14.0. The van der Waals surface area contributed by atoms with Crippen molar-refractivity contribution < 1.29 is 14.9 Å². The molecule has 1 heterocycles. The van der Waals surface area contributed by atoms with Gasteiger partial charge in [-0.15, -0.1) is 11.3 Å². The lowest BCUT2D eigenvalue weighted by atomic mass is 10.0. The molecule has 3 N–H and O–H groups in total. The summed E-state index contributed by atoms with van der Waals surface area (Å²) in [7, 11) is 0. The van der Waals surface area contributed by atoms with E-state index in [9.17, 15) is 10.2 Å². The summed E-state index contributed by atoms with van der Waals surface area (Å²) in [6.45, 7) is 7.67. The van der Waals surface area contributed by atoms with E-state index in [1.807, 2.05) is 12.4 Å². The van der Waals surface area contributed by atoms with Crippen molar-refractivity contribution in [3.05, 3.63) is 16.1 Å². The van der Waals surface area contributed by atoms with E-state index in [1.165, 1.54) is 4.88 Å². The molecule has 0 bridgehead atoms. The third-order valence-electron chi connectivity index (χ3n) is 3.25. The van der Waals surface area contributed by atoms with Gasteiger partial charge in [-0.25, -0.2) is 4.98 Å². The number of hydrogen-bond acceptors (Lipinski definition) is 6. The molecule has 0 amide bonds. The van der Waals surface area contributed by atoms with Crippen molar-refractivity contribution in [1.82, 2.24) is 10.3 Å². The van der Waals surface area contributed by atoms with Crippen molar-refractivity contribution in [1.29, 1.82) is 0 Å². The van der Waals surface area contributed by atoms with Gasteiger partial charge in [0.15, 0.2) is 0 Å². The van der Waals surface area contributed by atoms with E-state index in [4.69, 9.17) is 4.74 Å². The predicted molar refractivity (Wildman–Crippen MR) is 85.7 cm³/mol. The summed E-state index contributed by atoms with van der Waals surface area (Å²) in [6.07, 6.45) is 1.19. The van der Waals surface area contributed by atoms with Crippen LogP contribution in [0.5, 0.6) is 0 Å². The molecule has 122 valence electrons. The molecule has 0 spiro atoms. The molecule has 2 unspecified atom stereocenters. The highest BCUT2D eigenvalue weighted by atomic mass is 32.1. The lowest BCUT2D eigenvalue weighted by Gasteiger charge is -2.20. The van der Waals surface area contributed by atoms with Crippen molar-refractivity contribution in [3.63, 3.8) is 0 Å². The average molecular weight is 316 g/mol. The summed E-state index contributed by atoms with van der Waals surface area (Å²) < 4.78 is 5.50. The second kappa shape index (κ2) is 10.2. The minimum atomic E-state index is -0.547. The van der Waals surface area contributed by atoms with Crippen LogP contribution in [0.25, 0.3) is 0 Å². The summed E-state index contributed by atoms with van der Waals surface area (Å²) >= 11 is 1.64. The quantitative estimate of drug-likeness (QED) is 0.538. The van der Waals surface area contributed by atoms with E-state index in [-0.39, 0.29) is 12.6 Å². The Labute approximate surface area is 131 Å². The highest BCUT2D eigenvalue weighted by Crippen LogP contribution is 2.12. The molecule has 5 nitrogen and oxygen atoms in total. The lowest BCUT2D eigenvalue weighted by Crippen LogP contribution is -2.40. The van der Waals surface area contributed by atoms with Crippen LogP contribution in [-0.4, -0.2) is 53.7 Å². The zero-order chi connectivity index (χ0) is 15.7. The van der Waals surface area contributed by atoms with Crippen LogP contribution < -0.4 is 5.32 Å². The number of nitrogens with zero attached hydrogens (tertiary/aromatic N) is 1. The van der Waals surface area contributed by atoms with Gasteiger partial charge in [0, 0.05) is 23.9 Å². The molecule has 21 heavy (non-hydrogen) atoms. The predicted octanol–water partition coefficient (Wildman–Crippen LogP) is 1.37. The Morgan fingerprint density at radius 3 is 2.76 bits per heavy atom. The van der Waals surface area contributed by atoms with E-state index in [1.54, 1.807) is 11.3 Å². The average Bonchev–Trinajstić information content (AvgIpc) is 2.84. The number of hydrogen-bond donors (Lipinski definition) is 3. The Balaban J connectivity index is 2.10. The normalized spacial score (nSPS) is 14.6. The molecule has 0 saturated carbocycles. The van der Waals surface area contributed by atoms with Crippen LogP contribution in [0.15, 0.2) is 5.51 Å². The molecule has 1 rings (SSSR count). The molecule has 0 radical (unpaired) electrons. The van der Waals surface area contributed by atoms with Gasteiger partial charge in [0.05, 0.1) is 37.1 Å². The summed E-state index contributed by atoms with van der Waals surface area (Å²) in [4.78, 5) is 5.43. The van der Waals surface area contributed by atoms with E-state index >= 15 is 0 Å². The molecule has 0 saturated heterocycles. The number of thiazole rings is 1. The molecule has 0 aliphatic rings. The molecular formula is C15H28N2O3S. The van der Waals surface area contributed by atoms with Crippen LogP contribution in [-0.2, 0) is 11.2 Å². The van der Waals surface area contributed by atoms with E-state index in [0.29, 0.717) is 25.7 Å². The van der Waals surface area contributed by atoms with Crippen molar-refractivity contribution in [3.8, 4) is 0 Å². The van der Waals surface area contributed by atoms with Crippen LogP contribution in [0.3, 0.4) is 0 Å². The van der Waals surface area contributed by atoms with Gasteiger partial charge >= 0.3 is 0 Å². The Bertz CT molecular complexity index is 385. The van der Waals surface area contributed by atoms with Gasteiger partial charge in [-0.05, 0) is 19.3 Å². The summed E-state index contributed by atoms with van der Waals surface area (Å²) in [5.74, 6) is 0.519. The second-order valence-corrected chi connectivity index (χ2v) is 6.70. The second-order valence-electron chi connectivity index (χ2n) is 5.76. The van der Waals surface area contributed by atoms with Gasteiger partial charge in [0.1, 0.15) is 0 Å². The first kappa shape index (κ1) is 18.5. The minimum absolute atomic E-state index is 0.0412. The van der Waals surface area contributed by atoms with Crippen molar-refractivity contribution in [2.45, 2.75) is 45.8 Å². The molecular weight excluding hydrogens is 288 g/mol. The van der Waals surface area contributed by atoms with Gasteiger partial charge < -0.3 is 20.3 Å². The molecule has 0 aromatic carbocycles. The lowest BCUT2D eigenvalue weighted by molar-refractivity contribution is 0.0354. The smallest absolute Gasteiger partial charge is 0.0897 e. The number of aliphatic hydroxyl groups is 2. The molecule has 0 fully saturated rings. The van der Waals surface area contributed by atoms with Gasteiger partial charge in [-0.1, -0.05) is 13.8 Å². The monoisotopic (exact) mass is 316 g/mol. The molecule has 1 aromatic heterocycles. The van der Waals surface area contributed by atoms with Crippen LogP contribution in [0.2, 0.25) is 0 Å². The molecule has 0 aliphatic carbocycles. The van der Waals surface area contributed by atoms with Crippen LogP contribution in [0, 0.1) is 12.8 Å². The van der Waals surface area contributed by atoms with Gasteiger partial charge in [-0.3, -0.25) is 0 Å². The van der Waals surface area contributed by atoms with Gasteiger partial charge in [-0.2, -0.15) is 0 Å². The fraction of sp³-hybridized carbons (Fsp3) is 0.800. The van der Waals surface area contributed by atoms with Crippen LogP contribution in [0.1, 0.15) is 30.8 Å². The van der Waals surface area contributed by atoms with E-state index in [0.717, 1.165) is 18.5 Å². The number of aryl methyl sites for hydroxylation is 1. The standard InChI is InChI=1S/C15H28N2O3S/c1-11(2)6-13(8-18)16-7-14(19)9-20-5-4-15-12(3)17-10-21-15/h10-11,13-14,16,18-19H,4-9H2,1-3H3. The number of nitrogens with one attached hydrogen (secondary N) is 1. The molecule has 1 aromatic rings. The SMILES string of the molecule is Cc1ncsc1CCOCC(O)CNC(CO)CC(C)C. The van der Waals surface area contributed by atoms with Crippen molar-refractivity contribution in [2.75, 3.05) is 26.4 Å². The zero-order valence-electron chi connectivity index (χ0n) is 13.2. The fourth-order valence-electron chi connectivity index (χ4n) is 2.10. The Kier molecular flexibility index (Phi) is 9.03. The highest BCUT2D eigenvalue weighted by Gasteiger charge is 2.12. The first-order valence-corrected chi connectivity index (χ1v) is 8.39. The first-order valence-electron chi connectivity index (χ1n) is 7.52. The largest absolute Gasteiger partial charge is 0.395 e. The summed E-state index contributed by atoms with van der Waals surface area (Å²) in [6, 6.07) is 0.0412. The third-order valence-corrected chi connectivity index (χ3v) is 4.24. The summed E-state index contributed by atoms with van der Waals surface area (Å²) in [5, 5.41) is 22.3. The Morgan fingerprint density at radius 2 is 2.19 bits per heavy atom. The molecule has 2 atom stereocenters. The Hall–Kier alpha value is -0.530.